The van der Waals surface area contributed by atoms with Crippen molar-refractivity contribution in [1.82, 2.24) is 0 Å². The van der Waals surface area contributed by atoms with Crippen LogP contribution in [0.25, 0.3) is 0 Å². The van der Waals surface area contributed by atoms with E-state index in [4.69, 9.17) is 5.73 Å². The number of hydrogen-bond acceptors (Lipinski definition) is 1. The number of halogens is 2. The van der Waals surface area contributed by atoms with Crippen molar-refractivity contribution in [2.75, 3.05) is 11.1 Å². The van der Waals surface area contributed by atoms with E-state index in [1.54, 1.807) is 0 Å². The molecule has 0 unspecified atom stereocenters. The van der Waals surface area contributed by atoms with Crippen molar-refractivity contribution in [1.29, 1.82) is 0 Å². The second-order valence-corrected chi connectivity index (χ2v) is 2.93. The first-order chi connectivity index (χ1) is 4.84. The van der Waals surface area contributed by atoms with Crippen LogP contribution in [0.2, 0.25) is 0 Å². The second kappa shape index (κ2) is 5.61. The number of rotatable bonds is 2. The zero-order valence-electron chi connectivity index (χ0n) is 6.09. The number of benzene rings is 1. The molecule has 0 atom stereocenters. The van der Waals surface area contributed by atoms with Crippen molar-refractivity contribution >= 4 is 38.6 Å². The van der Waals surface area contributed by atoms with Gasteiger partial charge in [-0.1, -0.05) is 34.1 Å². The highest BCUT2D eigenvalue weighted by Crippen LogP contribution is 2.11. The molecular formula is C8H11Br2N. The van der Waals surface area contributed by atoms with Crippen molar-refractivity contribution in [2.45, 2.75) is 6.42 Å². The highest BCUT2D eigenvalue weighted by molar-refractivity contribution is 9.09. The van der Waals surface area contributed by atoms with Gasteiger partial charge in [-0.05, 0) is 18.1 Å². The number of anilines is 1. The zero-order valence-corrected chi connectivity index (χ0v) is 9.39. The predicted octanol–water partition coefficient (Wildman–Crippen LogP) is 2.78. The molecule has 1 nitrogen and oxygen atoms in total. The van der Waals surface area contributed by atoms with Gasteiger partial charge in [0.1, 0.15) is 0 Å². The molecule has 0 spiro atoms. The Morgan fingerprint density at radius 2 is 1.91 bits per heavy atom. The summed E-state index contributed by atoms with van der Waals surface area (Å²) in [5.74, 6) is 0. The Hall–Kier alpha value is -0.0200. The molecule has 0 radical (unpaired) electrons. The molecule has 0 saturated carbocycles. The first-order valence-corrected chi connectivity index (χ1v) is 4.36. The minimum Gasteiger partial charge on any atom is -0.399 e. The lowest BCUT2D eigenvalue weighted by atomic mass is 10.1. The Balaban J connectivity index is 0.000001000. The average Bonchev–Trinajstić information content (AvgIpc) is 1.94. The number of hydrogen-bond donors (Lipinski definition) is 1. The Morgan fingerprint density at radius 1 is 1.27 bits per heavy atom. The van der Waals surface area contributed by atoms with Gasteiger partial charge in [0.15, 0.2) is 0 Å². The summed E-state index contributed by atoms with van der Waals surface area (Å²) in [5.41, 5.74) is 7.80. The van der Waals surface area contributed by atoms with Gasteiger partial charge in [0.2, 0.25) is 0 Å². The lowest BCUT2D eigenvalue weighted by Gasteiger charge is -2.00. The minimum atomic E-state index is 0. The number of aryl methyl sites for hydroxylation is 1. The zero-order chi connectivity index (χ0) is 7.40. The second-order valence-electron chi connectivity index (χ2n) is 2.14. The van der Waals surface area contributed by atoms with Crippen LogP contribution in [0.5, 0.6) is 0 Å². The fourth-order valence-electron chi connectivity index (χ4n) is 0.864. The van der Waals surface area contributed by atoms with E-state index in [-0.39, 0.29) is 17.0 Å². The largest absolute Gasteiger partial charge is 0.399 e. The number of para-hydroxylation sites is 1. The number of alkyl halides is 1. The molecule has 1 aromatic rings. The van der Waals surface area contributed by atoms with Gasteiger partial charge in [-0.25, -0.2) is 0 Å². The Labute approximate surface area is 85.9 Å². The van der Waals surface area contributed by atoms with Crippen LogP contribution in [-0.4, -0.2) is 5.33 Å². The van der Waals surface area contributed by atoms with Crippen LogP contribution in [0, 0.1) is 0 Å². The van der Waals surface area contributed by atoms with Gasteiger partial charge >= 0.3 is 0 Å². The molecule has 1 aromatic carbocycles. The van der Waals surface area contributed by atoms with E-state index in [0.29, 0.717) is 0 Å². The Bertz CT molecular complexity index is 213. The van der Waals surface area contributed by atoms with Crippen molar-refractivity contribution in [3.05, 3.63) is 29.8 Å². The summed E-state index contributed by atoms with van der Waals surface area (Å²) >= 11 is 3.36. The monoisotopic (exact) mass is 279 g/mol. The lowest BCUT2D eigenvalue weighted by molar-refractivity contribution is 1.17. The maximum absolute atomic E-state index is 5.69. The average molecular weight is 281 g/mol. The standard InChI is InChI=1S/C8H10BrN.BrH/c9-6-5-7-3-1-2-4-8(7)10;/h1-4H,5-6,10H2;1H. The molecular weight excluding hydrogens is 270 g/mol. The molecule has 0 aromatic heterocycles. The summed E-state index contributed by atoms with van der Waals surface area (Å²) in [7, 11) is 0. The van der Waals surface area contributed by atoms with E-state index in [9.17, 15) is 0 Å². The van der Waals surface area contributed by atoms with Gasteiger partial charge in [0, 0.05) is 11.0 Å². The SMILES string of the molecule is Br.Nc1ccccc1CCBr. The minimum absolute atomic E-state index is 0. The highest BCUT2D eigenvalue weighted by atomic mass is 79.9. The maximum atomic E-state index is 5.69. The van der Waals surface area contributed by atoms with Crippen LogP contribution >= 0.6 is 32.9 Å². The molecule has 3 heteroatoms. The van der Waals surface area contributed by atoms with Crippen molar-refractivity contribution < 1.29 is 0 Å². The Kier molecular flexibility index (Phi) is 5.60. The first-order valence-electron chi connectivity index (χ1n) is 3.24. The van der Waals surface area contributed by atoms with Gasteiger partial charge in [0.05, 0.1) is 0 Å². The molecule has 62 valence electrons. The molecule has 0 bridgehead atoms. The van der Waals surface area contributed by atoms with E-state index in [2.05, 4.69) is 22.0 Å². The van der Waals surface area contributed by atoms with E-state index < -0.39 is 0 Å². The van der Waals surface area contributed by atoms with Crippen LogP contribution in [0.4, 0.5) is 5.69 Å². The van der Waals surface area contributed by atoms with E-state index in [0.717, 1.165) is 17.4 Å². The van der Waals surface area contributed by atoms with Crippen molar-refractivity contribution in [3.8, 4) is 0 Å². The van der Waals surface area contributed by atoms with Gasteiger partial charge in [0.25, 0.3) is 0 Å². The van der Waals surface area contributed by atoms with Gasteiger partial charge in [-0.15, -0.1) is 17.0 Å². The summed E-state index contributed by atoms with van der Waals surface area (Å²) in [6.45, 7) is 0. The Morgan fingerprint density at radius 3 is 2.45 bits per heavy atom. The summed E-state index contributed by atoms with van der Waals surface area (Å²) in [6, 6.07) is 7.94. The quantitative estimate of drug-likeness (QED) is 0.654. The van der Waals surface area contributed by atoms with E-state index >= 15 is 0 Å². The van der Waals surface area contributed by atoms with Crippen LogP contribution < -0.4 is 5.73 Å². The van der Waals surface area contributed by atoms with Crippen LogP contribution in [0.3, 0.4) is 0 Å². The topological polar surface area (TPSA) is 26.0 Å². The molecule has 0 amide bonds. The van der Waals surface area contributed by atoms with Crippen molar-refractivity contribution in [3.63, 3.8) is 0 Å². The fourth-order valence-corrected chi connectivity index (χ4v) is 1.29. The molecule has 2 N–H and O–H groups in total. The van der Waals surface area contributed by atoms with Crippen LogP contribution in [0.1, 0.15) is 5.56 Å². The van der Waals surface area contributed by atoms with E-state index in [1.807, 2.05) is 18.2 Å². The van der Waals surface area contributed by atoms with Gasteiger partial charge in [-0.3, -0.25) is 0 Å². The summed E-state index contributed by atoms with van der Waals surface area (Å²) < 4.78 is 0. The molecule has 0 aliphatic carbocycles. The van der Waals surface area contributed by atoms with Crippen LogP contribution in [0.15, 0.2) is 24.3 Å². The lowest BCUT2D eigenvalue weighted by Crippen LogP contribution is -1.93. The maximum Gasteiger partial charge on any atom is 0.0346 e. The summed E-state index contributed by atoms with van der Waals surface area (Å²) in [6.07, 6.45) is 1.01. The molecule has 0 aliphatic heterocycles. The predicted molar refractivity (Wildman–Crippen MR) is 58.7 cm³/mol. The summed E-state index contributed by atoms with van der Waals surface area (Å²) in [5, 5.41) is 0.973. The molecule has 0 aliphatic rings. The number of nitrogen functional groups attached to an aromatic ring is 1. The third-order valence-corrected chi connectivity index (χ3v) is 1.82. The van der Waals surface area contributed by atoms with Crippen LogP contribution in [-0.2, 0) is 6.42 Å². The van der Waals surface area contributed by atoms with E-state index in [1.165, 1.54) is 5.56 Å². The molecule has 0 heterocycles. The number of nitrogens with two attached hydrogens (primary N) is 1. The third-order valence-electron chi connectivity index (χ3n) is 1.42. The van der Waals surface area contributed by atoms with Crippen molar-refractivity contribution in [2.24, 2.45) is 0 Å². The summed E-state index contributed by atoms with van der Waals surface area (Å²) in [4.78, 5) is 0. The normalized spacial score (nSPS) is 8.82. The molecule has 1 rings (SSSR count). The van der Waals surface area contributed by atoms with Gasteiger partial charge in [-0.2, -0.15) is 0 Å². The first kappa shape index (κ1) is 11.0. The fraction of sp³-hybridized carbons (Fsp3) is 0.250. The van der Waals surface area contributed by atoms with Gasteiger partial charge < -0.3 is 5.73 Å². The highest BCUT2D eigenvalue weighted by Gasteiger charge is 1.93. The smallest absolute Gasteiger partial charge is 0.0346 e. The molecule has 0 saturated heterocycles. The third kappa shape index (κ3) is 3.25. The molecule has 11 heavy (non-hydrogen) atoms. The molecule has 0 fully saturated rings.